The minimum absolute atomic E-state index is 0.0602. The zero-order valence-corrected chi connectivity index (χ0v) is 35.9. The second kappa shape index (κ2) is 30.6. The third kappa shape index (κ3) is 25.0. The molecule has 16 nitrogen and oxygen atoms in total. The summed E-state index contributed by atoms with van der Waals surface area (Å²) >= 11 is 0. The molecule has 0 aromatic rings. The summed E-state index contributed by atoms with van der Waals surface area (Å²) in [7, 11) is 0. The molecule has 0 bridgehead atoms. The molecule has 0 aromatic heterocycles. The highest BCUT2D eigenvalue weighted by molar-refractivity contribution is 5.89. The number of esters is 6. The molecule has 0 aliphatic carbocycles. The standard InChI is InChI=1S/C43H67NO15/c1-8-9-10-18-24-36(54-30(3)46)25-19-16-14-12-11-13-15-17-22-35(51)23-20-21-26-38(55-31(4)47)37(44)27-53-43-42(58-34(7)50)41(57-33(6)49)40(56-32(5)48)39(59-43)28-52-29(2)45/h16,19-21,23,26,36-43H,8-15,17-18,22,24-25,27-28,44H2,1-7H3/b19-16-,23-20+,26-21+/t36-,37+,38+,39-,40-,41+,42-,43-/m1/s1. The fourth-order valence-corrected chi connectivity index (χ4v) is 6.22. The van der Waals surface area contributed by atoms with E-state index in [1.807, 2.05) is 0 Å². The van der Waals surface area contributed by atoms with Gasteiger partial charge >= 0.3 is 35.8 Å². The molecule has 1 aliphatic rings. The number of ether oxygens (including phenoxy) is 8. The summed E-state index contributed by atoms with van der Waals surface area (Å²) < 4.78 is 43.9. The number of nitrogens with two attached hydrogens (primary N) is 1. The SMILES string of the molecule is CCCCCC[C@H](C/C=C\CCCCCCCC(=O)/C=C/C=C/[C@H](OC(C)=O)[C@@H](N)CO[C@@H]1O[C@H](COC(C)=O)[C@@H](OC(C)=O)[C@H](OC(C)=O)[C@H]1OC(C)=O)OC(C)=O. The van der Waals surface area contributed by atoms with Crippen molar-refractivity contribution in [2.24, 2.45) is 5.73 Å². The van der Waals surface area contributed by atoms with E-state index in [1.54, 1.807) is 0 Å². The van der Waals surface area contributed by atoms with Crippen LogP contribution in [0.2, 0.25) is 0 Å². The fraction of sp³-hybridized carbons (Fsp3) is 0.698. The van der Waals surface area contributed by atoms with Crippen molar-refractivity contribution in [2.75, 3.05) is 13.2 Å². The molecule has 1 heterocycles. The Balaban J connectivity index is 2.72. The predicted molar refractivity (Wildman–Crippen MR) is 215 cm³/mol. The summed E-state index contributed by atoms with van der Waals surface area (Å²) in [6.07, 6.45) is 14.5. The van der Waals surface area contributed by atoms with E-state index in [1.165, 1.54) is 51.0 Å². The van der Waals surface area contributed by atoms with Gasteiger partial charge in [-0.25, -0.2) is 0 Å². The number of carbonyl (C=O) groups excluding carboxylic acids is 7. The Labute approximate surface area is 348 Å². The summed E-state index contributed by atoms with van der Waals surface area (Å²) in [5.74, 6) is -3.98. The first-order chi connectivity index (χ1) is 28.0. The van der Waals surface area contributed by atoms with E-state index in [2.05, 4.69) is 19.1 Å². The third-order valence-corrected chi connectivity index (χ3v) is 8.89. The van der Waals surface area contributed by atoms with Crippen LogP contribution < -0.4 is 5.73 Å². The van der Waals surface area contributed by atoms with Gasteiger partial charge in [0.25, 0.3) is 0 Å². The molecule has 16 heteroatoms. The average Bonchev–Trinajstić information content (AvgIpc) is 3.14. The van der Waals surface area contributed by atoms with Gasteiger partial charge in [0, 0.05) is 54.4 Å². The Kier molecular flexibility index (Phi) is 27.3. The summed E-state index contributed by atoms with van der Waals surface area (Å²) in [5, 5.41) is 0. The van der Waals surface area contributed by atoms with Gasteiger partial charge < -0.3 is 43.6 Å². The van der Waals surface area contributed by atoms with E-state index in [0.717, 1.165) is 91.9 Å². The second-order valence-electron chi connectivity index (χ2n) is 14.4. The van der Waals surface area contributed by atoms with Gasteiger partial charge in [-0.3, -0.25) is 33.6 Å². The molecular weight excluding hydrogens is 770 g/mol. The lowest BCUT2D eigenvalue weighted by atomic mass is 9.98. The zero-order valence-electron chi connectivity index (χ0n) is 35.9. The lowest BCUT2D eigenvalue weighted by molar-refractivity contribution is -0.309. The lowest BCUT2D eigenvalue weighted by Gasteiger charge is -2.44. The minimum Gasteiger partial charge on any atom is -0.463 e. The second-order valence-corrected chi connectivity index (χ2v) is 14.4. The maximum Gasteiger partial charge on any atom is 0.303 e. The first-order valence-electron chi connectivity index (χ1n) is 20.6. The van der Waals surface area contributed by atoms with Crippen LogP contribution >= 0.6 is 0 Å². The Morgan fingerprint density at radius 3 is 1.90 bits per heavy atom. The highest BCUT2D eigenvalue weighted by atomic mass is 16.7. The van der Waals surface area contributed by atoms with Gasteiger partial charge in [0.1, 0.15) is 24.9 Å². The van der Waals surface area contributed by atoms with Gasteiger partial charge in [0.15, 0.2) is 30.4 Å². The highest BCUT2D eigenvalue weighted by Crippen LogP contribution is 2.30. The van der Waals surface area contributed by atoms with Gasteiger partial charge in [-0.15, -0.1) is 0 Å². The lowest BCUT2D eigenvalue weighted by Crippen LogP contribution is -2.63. The van der Waals surface area contributed by atoms with E-state index in [-0.39, 0.29) is 24.5 Å². The van der Waals surface area contributed by atoms with Crippen molar-refractivity contribution < 1.29 is 71.5 Å². The van der Waals surface area contributed by atoms with Crippen molar-refractivity contribution in [1.29, 1.82) is 0 Å². The Bertz CT molecular complexity index is 1410. The maximum absolute atomic E-state index is 12.5. The smallest absolute Gasteiger partial charge is 0.303 e. The molecule has 1 saturated heterocycles. The summed E-state index contributed by atoms with van der Waals surface area (Å²) in [6, 6.07) is -1.01. The quantitative estimate of drug-likeness (QED) is 0.0242. The molecule has 8 atom stereocenters. The van der Waals surface area contributed by atoms with Crippen LogP contribution in [0.1, 0.15) is 132 Å². The maximum atomic E-state index is 12.5. The van der Waals surface area contributed by atoms with E-state index in [0.29, 0.717) is 6.42 Å². The van der Waals surface area contributed by atoms with Crippen molar-refractivity contribution in [2.45, 2.75) is 181 Å². The van der Waals surface area contributed by atoms with Crippen molar-refractivity contribution in [3.63, 3.8) is 0 Å². The van der Waals surface area contributed by atoms with Crippen molar-refractivity contribution in [3.05, 3.63) is 36.5 Å². The minimum atomic E-state index is -1.47. The summed E-state index contributed by atoms with van der Waals surface area (Å²) in [5.41, 5.74) is 6.35. The molecule has 1 rings (SSSR count). The molecule has 0 amide bonds. The molecule has 0 spiro atoms. The van der Waals surface area contributed by atoms with Crippen LogP contribution in [0.25, 0.3) is 0 Å². The van der Waals surface area contributed by atoms with Gasteiger partial charge in [-0.2, -0.15) is 0 Å². The van der Waals surface area contributed by atoms with E-state index < -0.39 is 79.3 Å². The first-order valence-corrected chi connectivity index (χ1v) is 20.6. The zero-order chi connectivity index (χ0) is 44.2. The number of rotatable bonds is 29. The number of hydrogen-bond acceptors (Lipinski definition) is 16. The molecule has 2 N–H and O–H groups in total. The summed E-state index contributed by atoms with van der Waals surface area (Å²) in [6.45, 7) is 8.49. The molecule has 0 radical (unpaired) electrons. The van der Waals surface area contributed by atoms with E-state index in [4.69, 9.17) is 43.6 Å². The Hall–Kier alpha value is -4.41. The van der Waals surface area contributed by atoms with Gasteiger partial charge in [-0.1, -0.05) is 69.8 Å². The first kappa shape index (κ1) is 52.6. The largest absolute Gasteiger partial charge is 0.463 e. The normalized spacial score (nSPS) is 20.8. The molecule has 0 unspecified atom stereocenters. The number of ketones is 1. The number of allylic oxidation sites excluding steroid dienone is 4. The average molecular weight is 838 g/mol. The van der Waals surface area contributed by atoms with Crippen molar-refractivity contribution in [1.82, 2.24) is 0 Å². The molecule has 0 aromatic carbocycles. The van der Waals surface area contributed by atoms with Gasteiger partial charge in [0.2, 0.25) is 0 Å². The van der Waals surface area contributed by atoms with E-state index in [9.17, 15) is 33.6 Å². The van der Waals surface area contributed by atoms with Gasteiger partial charge in [0.05, 0.1) is 12.6 Å². The third-order valence-electron chi connectivity index (χ3n) is 8.89. The van der Waals surface area contributed by atoms with Crippen LogP contribution in [-0.4, -0.2) is 104 Å². The number of hydrogen-bond donors (Lipinski definition) is 1. The predicted octanol–water partition coefficient (Wildman–Crippen LogP) is 5.61. The Morgan fingerprint density at radius 1 is 0.661 bits per heavy atom. The molecular formula is C43H67NO15. The Morgan fingerprint density at radius 2 is 1.27 bits per heavy atom. The monoisotopic (exact) mass is 837 g/mol. The van der Waals surface area contributed by atoms with Crippen molar-refractivity contribution >= 4 is 41.6 Å². The molecule has 1 fully saturated rings. The number of carbonyl (C=O) groups is 7. The molecule has 334 valence electrons. The highest BCUT2D eigenvalue weighted by Gasteiger charge is 2.53. The topological polar surface area (TPSA) is 219 Å². The van der Waals surface area contributed by atoms with Gasteiger partial charge in [-0.05, 0) is 44.3 Å². The van der Waals surface area contributed by atoms with Crippen LogP contribution in [-0.2, 0) is 71.5 Å². The van der Waals surface area contributed by atoms with Crippen LogP contribution in [0.5, 0.6) is 0 Å². The number of unbranched alkanes of at least 4 members (excludes halogenated alkanes) is 8. The molecule has 0 saturated carbocycles. The van der Waals surface area contributed by atoms with Crippen LogP contribution in [0, 0.1) is 0 Å². The fourth-order valence-electron chi connectivity index (χ4n) is 6.22. The van der Waals surface area contributed by atoms with Crippen molar-refractivity contribution in [3.8, 4) is 0 Å². The summed E-state index contributed by atoms with van der Waals surface area (Å²) in [4.78, 5) is 83.6. The van der Waals surface area contributed by atoms with Crippen LogP contribution in [0.3, 0.4) is 0 Å². The van der Waals surface area contributed by atoms with E-state index >= 15 is 0 Å². The molecule has 59 heavy (non-hydrogen) atoms. The van der Waals surface area contributed by atoms with Crippen LogP contribution in [0.15, 0.2) is 36.5 Å². The molecule has 1 aliphatic heterocycles. The van der Waals surface area contributed by atoms with Crippen LogP contribution in [0.4, 0.5) is 0 Å².